The Balaban J connectivity index is 1.87. The van der Waals surface area contributed by atoms with Gasteiger partial charge >= 0.3 is 0 Å². The number of ether oxygens (including phenoxy) is 1. The lowest BCUT2D eigenvalue weighted by Crippen LogP contribution is -2.30. The van der Waals surface area contributed by atoms with Crippen LogP contribution < -0.4 is 10.2 Å². The molecule has 0 unspecified atom stereocenters. The van der Waals surface area contributed by atoms with Crippen LogP contribution in [-0.2, 0) is 11.3 Å². The van der Waals surface area contributed by atoms with Crippen molar-refractivity contribution in [1.29, 1.82) is 0 Å². The minimum atomic E-state index is 0.738. The number of nitrogens with one attached hydrogen (secondary N) is 1. The number of nitrogens with zero attached hydrogens (tertiary/aromatic N) is 3. The van der Waals surface area contributed by atoms with Gasteiger partial charge in [0.25, 0.3) is 0 Å². The highest BCUT2D eigenvalue weighted by Crippen LogP contribution is 2.16. The quantitative estimate of drug-likeness (QED) is 0.607. The Morgan fingerprint density at radius 2 is 2.25 bits per heavy atom. The molecule has 20 heavy (non-hydrogen) atoms. The normalized spacial score (nSPS) is 15.3. The molecule has 0 saturated carbocycles. The number of hydrogen-bond donors (Lipinski definition) is 1. The molecule has 0 saturated heterocycles. The van der Waals surface area contributed by atoms with E-state index in [-0.39, 0.29) is 0 Å². The van der Waals surface area contributed by atoms with Crippen LogP contribution in [-0.4, -0.2) is 43.3 Å². The molecule has 0 aliphatic carbocycles. The van der Waals surface area contributed by atoms with Gasteiger partial charge in [-0.15, -0.1) is 0 Å². The minimum Gasteiger partial charge on any atom is -0.380 e. The van der Waals surface area contributed by atoms with Crippen molar-refractivity contribution in [3.8, 4) is 0 Å². The number of hydrogen-bond acceptors (Lipinski definition) is 5. The first-order valence-electron chi connectivity index (χ1n) is 7.27. The Labute approximate surface area is 121 Å². The van der Waals surface area contributed by atoms with Crippen LogP contribution in [0.3, 0.4) is 0 Å². The number of aromatic nitrogens is 2. The molecular formula is C15H24N4O. The second-order valence-electron chi connectivity index (χ2n) is 5.03. The fourth-order valence-electron chi connectivity index (χ4n) is 2.23. The first-order valence-corrected chi connectivity index (χ1v) is 7.27. The van der Waals surface area contributed by atoms with Crippen LogP contribution in [0.2, 0.25) is 0 Å². The van der Waals surface area contributed by atoms with Gasteiger partial charge in [-0.05, 0) is 25.0 Å². The summed E-state index contributed by atoms with van der Waals surface area (Å²) in [5, 5.41) is 3.33. The summed E-state index contributed by atoms with van der Waals surface area (Å²) in [5.41, 5.74) is 2.37. The second kappa shape index (κ2) is 7.97. The molecule has 1 aliphatic rings. The predicted molar refractivity (Wildman–Crippen MR) is 80.8 cm³/mol. The topological polar surface area (TPSA) is 50.3 Å². The Hall–Kier alpha value is -1.46. The first-order chi connectivity index (χ1) is 9.83. The zero-order chi connectivity index (χ0) is 14.2. The summed E-state index contributed by atoms with van der Waals surface area (Å²) < 4.78 is 5.16. The molecule has 1 aromatic rings. The first kappa shape index (κ1) is 14.9. The molecule has 2 rings (SSSR count). The van der Waals surface area contributed by atoms with Gasteiger partial charge in [0.1, 0.15) is 5.82 Å². The molecule has 0 radical (unpaired) electrons. The average molecular weight is 276 g/mol. The van der Waals surface area contributed by atoms with E-state index in [9.17, 15) is 0 Å². The highest BCUT2D eigenvalue weighted by Gasteiger charge is 2.13. The van der Waals surface area contributed by atoms with E-state index < -0.39 is 0 Å². The molecule has 1 aromatic heterocycles. The standard InChI is InChI=1S/C15H24N4O/c1-3-6-16-9-14-10-18-15(11-17-14)19-7-4-13(5-8-19)12-20-2/h4,10-11,16H,3,5-9,12H2,1-2H3. The maximum atomic E-state index is 5.16. The maximum absolute atomic E-state index is 5.16. The molecule has 110 valence electrons. The van der Waals surface area contributed by atoms with Crippen molar-refractivity contribution < 1.29 is 4.74 Å². The van der Waals surface area contributed by atoms with Gasteiger partial charge in [-0.1, -0.05) is 13.0 Å². The molecule has 0 bridgehead atoms. The summed E-state index contributed by atoms with van der Waals surface area (Å²) in [6.07, 6.45) is 8.14. The second-order valence-corrected chi connectivity index (χ2v) is 5.03. The van der Waals surface area contributed by atoms with E-state index in [0.717, 1.165) is 57.1 Å². The van der Waals surface area contributed by atoms with Gasteiger partial charge in [0.15, 0.2) is 0 Å². The van der Waals surface area contributed by atoms with Gasteiger partial charge in [-0.2, -0.15) is 0 Å². The van der Waals surface area contributed by atoms with Crippen molar-refractivity contribution in [2.45, 2.75) is 26.3 Å². The molecule has 2 heterocycles. The lowest BCUT2D eigenvalue weighted by Gasteiger charge is -2.27. The number of rotatable bonds is 7. The molecule has 5 nitrogen and oxygen atoms in total. The Morgan fingerprint density at radius 3 is 2.85 bits per heavy atom. The summed E-state index contributed by atoms with van der Waals surface area (Å²) in [6.45, 7) is 6.57. The summed E-state index contributed by atoms with van der Waals surface area (Å²) in [5.74, 6) is 0.956. The third-order valence-electron chi connectivity index (χ3n) is 3.38. The van der Waals surface area contributed by atoms with Crippen molar-refractivity contribution in [1.82, 2.24) is 15.3 Å². The van der Waals surface area contributed by atoms with Crippen LogP contribution in [0.4, 0.5) is 5.82 Å². The van der Waals surface area contributed by atoms with Crippen molar-refractivity contribution in [3.63, 3.8) is 0 Å². The summed E-state index contributed by atoms with van der Waals surface area (Å²) >= 11 is 0. The SMILES string of the molecule is CCCNCc1cnc(N2CC=C(COC)CC2)cn1. The fraction of sp³-hybridized carbons (Fsp3) is 0.600. The van der Waals surface area contributed by atoms with Gasteiger partial charge in [-0.25, -0.2) is 4.98 Å². The van der Waals surface area contributed by atoms with E-state index in [1.165, 1.54) is 5.57 Å². The monoisotopic (exact) mass is 276 g/mol. The summed E-state index contributed by atoms with van der Waals surface area (Å²) in [4.78, 5) is 11.2. The molecule has 0 spiro atoms. The molecular weight excluding hydrogens is 252 g/mol. The Kier molecular flexibility index (Phi) is 5.95. The van der Waals surface area contributed by atoms with Gasteiger partial charge in [-0.3, -0.25) is 4.98 Å². The van der Waals surface area contributed by atoms with Crippen LogP contribution in [0.1, 0.15) is 25.5 Å². The smallest absolute Gasteiger partial charge is 0.147 e. The maximum Gasteiger partial charge on any atom is 0.147 e. The third kappa shape index (κ3) is 4.28. The molecule has 0 amide bonds. The molecule has 0 atom stereocenters. The van der Waals surface area contributed by atoms with Crippen molar-refractivity contribution in [2.75, 3.05) is 38.3 Å². The number of anilines is 1. The van der Waals surface area contributed by atoms with Crippen LogP contribution >= 0.6 is 0 Å². The van der Waals surface area contributed by atoms with E-state index in [1.807, 2.05) is 12.4 Å². The predicted octanol–water partition coefficient (Wildman–Crippen LogP) is 1.76. The Bertz CT molecular complexity index is 430. The summed E-state index contributed by atoms with van der Waals surface area (Å²) in [7, 11) is 1.74. The molecule has 0 fully saturated rings. The van der Waals surface area contributed by atoms with Gasteiger partial charge in [0.2, 0.25) is 0 Å². The van der Waals surface area contributed by atoms with Crippen LogP contribution in [0.5, 0.6) is 0 Å². The van der Waals surface area contributed by atoms with Crippen LogP contribution in [0.15, 0.2) is 24.0 Å². The minimum absolute atomic E-state index is 0.738. The lowest BCUT2D eigenvalue weighted by molar-refractivity contribution is 0.222. The zero-order valence-electron chi connectivity index (χ0n) is 12.4. The van der Waals surface area contributed by atoms with E-state index in [4.69, 9.17) is 4.74 Å². The fourth-order valence-corrected chi connectivity index (χ4v) is 2.23. The molecule has 1 N–H and O–H groups in total. The molecule has 5 heteroatoms. The molecule has 1 aliphatic heterocycles. The zero-order valence-corrected chi connectivity index (χ0v) is 12.4. The number of methoxy groups -OCH3 is 1. The van der Waals surface area contributed by atoms with E-state index in [1.54, 1.807) is 7.11 Å². The largest absolute Gasteiger partial charge is 0.380 e. The van der Waals surface area contributed by atoms with E-state index in [0.29, 0.717) is 0 Å². The van der Waals surface area contributed by atoms with Crippen LogP contribution in [0.25, 0.3) is 0 Å². The summed E-state index contributed by atoms with van der Waals surface area (Å²) in [6, 6.07) is 0. The molecule has 0 aromatic carbocycles. The van der Waals surface area contributed by atoms with Crippen molar-refractivity contribution in [3.05, 3.63) is 29.7 Å². The van der Waals surface area contributed by atoms with Crippen LogP contribution in [0, 0.1) is 0 Å². The highest BCUT2D eigenvalue weighted by atomic mass is 16.5. The van der Waals surface area contributed by atoms with Crippen molar-refractivity contribution >= 4 is 5.82 Å². The van der Waals surface area contributed by atoms with Crippen molar-refractivity contribution in [2.24, 2.45) is 0 Å². The average Bonchev–Trinajstić information content (AvgIpc) is 2.49. The van der Waals surface area contributed by atoms with Gasteiger partial charge < -0.3 is 15.0 Å². The van der Waals surface area contributed by atoms with E-state index >= 15 is 0 Å². The van der Waals surface area contributed by atoms with Gasteiger partial charge in [0, 0.05) is 26.7 Å². The lowest BCUT2D eigenvalue weighted by atomic mass is 10.1. The highest BCUT2D eigenvalue weighted by molar-refractivity contribution is 5.39. The Morgan fingerprint density at radius 1 is 1.35 bits per heavy atom. The van der Waals surface area contributed by atoms with E-state index in [2.05, 4.69) is 33.2 Å². The van der Waals surface area contributed by atoms with Gasteiger partial charge in [0.05, 0.1) is 24.7 Å². The third-order valence-corrected chi connectivity index (χ3v) is 3.38.